The van der Waals surface area contributed by atoms with Crippen molar-refractivity contribution < 1.29 is 42.1 Å². The molecule has 0 heterocycles. The summed E-state index contributed by atoms with van der Waals surface area (Å²) in [5.74, 6) is -0.799. The molecule has 0 aliphatic carbocycles. The fourth-order valence-corrected chi connectivity index (χ4v) is 14.5. The van der Waals surface area contributed by atoms with E-state index in [0.717, 1.165) is 32.1 Å². The van der Waals surface area contributed by atoms with Gasteiger partial charge >= 0.3 is 11.9 Å². The minimum absolute atomic E-state index is 0.0246. The summed E-state index contributed by atoms with van der Waals surface area (Å²) in [5.41, 5.74) is 0. The van der Waals surface area contributed by atoms with Crippen LogP contribution in [0.4, 0.5) is 0 Å². The molecule has 0 rings (SSSR count). The van der Waals surface area contributed by atoms with Gasteiger partial charge in [-0.3, -0.25) is 14.2 Å². The molecule has 0 spiro atoms. The van der Waals surface area contributed by atoms with Crippen LogP contribution in [0.3, 0.4) is 0 Å². The van der Waals surface area contributed by atoms with E-state index >= 15 is 0 Å². The standard InChI is InChI=1S/C85H170NO8P/c1-6-8-10-12-14-16-18-20-22-24-26-28-30-32-34-36-38-40-41-42-43-44-46-48-50-52-54-56-58-60-62-64-66-68-70-72-74-76-78-85(88)94-83(82-93-95(89,90)92-80-79-86(3,4)5)81-91-84(87)77-75-73-71-69-67-65-63-61-59-57-55-53-51-49-47-45-39-37-35-33-31-29-27-25-23-21-19-17-15-13-11-9-7-2/h83H,6-82H2,1-5H3. The summed E-state index contributed by atoms with van der Waals surface area (Å²) >= 11 is 0. The number of hydrogen-bond donors (Lipinski definition) is 0. The van der Waals surface area contributed by atoms with E-state index in [1.54, 1.807) is 0 Å². The molecule has 0 radical (unpaired) electrons. The second-order valence-corrected chi connectivity index (χ2v) is 32.7. The molecule has 0 aromatic heterocycles. The number of rotatable bonds is 83. The van der Waals surface area contributed by atoms with Crippen molar-refractivity contribution in [3.05, 3.63) is 0 Å². The molecule has 95 heavy (non-hydrogen) atoms. The first-order chi connectivity index (χ1) is 46.5. The van der Waals surface area contributed by atoms with Crippen molar-refractivity contribution in [1.82, 2.24) is 0 Å². The van der Waals surface area contributed by atoms with Gasteiger partial charge in [0.1, 0.15) is 19.8 Å². The number of nitrogens with zero attached hydrogens (tertiary/aromatic N) is 1. The molecule has 0 amide bonds. The van der Waals surface area contributed by atoms with E-state index in [-0.39, 0.29) is 32.0 Å². The zero-order valence-electron chi connectivity index (χ0n) is 65.2. The summed E-state index contributed by atoms with van der Waals surface area (Å²) in [6.07, 6.45) is 97.0. The van der Waals surface area contributed by atoms with Gasteiger partial charge in [-0.05, 0) is 12.8 Å². The average Bonchev–Trinajstić information content (AvgIpc) is 1.89. The van der Waals surface area contributed by atoms with Crippen molar-refractivity contribution >= 4 is 19.8 Å². The topological polar surface area (TPSA) is 111 Å². The van der Waals surface area contributed by atoms with Crippen LogP contribution >= 0.6 is 7.82 Å². The van der Waals surface area contributed by atoms with Crippen molar-refractivity contribution in [2.75, 3.05) is 47.5 Å². The summed E-state index contributed by atoms with van der Waals surface area (Å²) in [5, 5.41) is 0. The number of carbonyl (C=O) groups is 2. The molecule has 0 aliphatic heterocycles. The molecule has 9 nitrogen and oxygen atoms in total. The number of phosphoric ester groups is 1. The number of quaternary nitrogens is 1. The van der Waals surface area contributed by atoms with Crippen LogP contribution in [0.15, 0.2) is 0 Å². The fraction of sp³-hybridized carbons (Fsp3) is 0.976. The molecule has 0 N–H and O–H groups in total. The molecule has 2 unspecified atom stereocenters. The fourth-order valence-electron chi connectivity index (χ4n) is 13.8. The van der Waals surface area contributed by atoms with E-state index < -0.39 is 26.5 Å². The van der Waals surface area contributed by atoms with E-state index in [4.69, 9.17) is 18.5 Å². The third-order valence-electron chi connectivity index (χ3n) is 20.4. The summed E-state index contributed by atoms with van der Waals surface area (Å²) in [7, 11) is 1.20. The molecule has 10 heteroatoms. The zero-order chi connectivity index (χ0) is 69.0. The van der Waals surface area contributed by atoms with Crippen molar-refractivity contribution in [3.63, 3.8) is 0 Å². The van der Waals surface area contributed by atoms with Gasteiger partial charge in [-0.25, -0.2) is 0 Å². The van der Waals surface area contributed by atoms with E-state index in [0.29, 0.717) is 17.4 Å². The molecule has 0 aromatic carbocycles. The van der Waals surface area contributed by atoms with Gasteiger partial charge in [0.25, 0.3) is 7.82 Å². The number of unbranched alkanes of at least 4 members (excludes halogenated alkanes) is 69. The Kier molecular flexibility index (Phi) is 76.4. The van der Waals surface area contributed by atoms with Crippen molar-refractivity contribution in [2.24, 2.45) is 0 Å². The smallest absolute Gasteiger partial charge is 0.306 e. The first-order valence-corrected chi connectivity index (χ1v) is 44.7. The minimum atomic E-state index is -4.64. The molecule has 0 aliphatic rings. The molecule has 0 saturated carbocycles. The number of esters is 2. The van der Waals surface area contributed by atoms with E-state index in [1.807, 2.05) is 21.1 Å². The van der Waals surface area contributed by atoms with Crippen LogP contribution in [0.1, 0.15) is 483 Å². The Balaban J connectivity index is 3.84. The molecular formula is C85H170NO8P. The van der Waals surface area contributed by atoms with Crippen molar-refractivity contribution in [2.45, 2.75) is 489 Å². The highest BCUT2D eigenvalue weighted by molar-refractivity contribution is 7.45. The number of phosphoric acid groups is 1. The summed E-state index contributed by atoms with van der Waals surface area (Å²) in [6.45, 7) is 4.36. The largest absolute Gasteiger partial charge is 0.756 e. The zero-order valence-corrected chi connectivity index (χ0v) is 66.1. The minimum Gasteiger partial charge on any atom is -0.756 e. The summed E-state index contributed by atoms with van der Waals surface area (Å²) in [6, 6.07) is 0. The second kappa shape index (κ2) is 77.2. The summed E-state index contributed by atoms with van der Waals surface area (Å²) < 4.78 is 34.5. The third-order valence-corrected chi connectivity index (χ3v) is 21.3. The molecule has 568 valence electrons. The molecule has 0 bridgehead atoms. The van der Waals surface area contributed by atoms with Crippen molar-refractivity contribution in [3.8, 4) is 0 Å². The maximum atomic E-state index is 12.9. The van der Waals surface area contributed by atoms with Crippen molar-refractivity contribution in [1.29, 1.82) is 0 Å². The Morgan fingerprint density at radius 1 is 0.284 bits per heavy atom. The van der Waals surface area contributed by atoms with E-state index in [9.17, 15) is 19.0 Å². The summed E-state index contributed by atoms with van der Waals surface area (Å²) in [4.78, 5) is 38.2. The SMILES string of the molecule is CCCCCCCCCCCCCCCCCCCCCCCCCCCCCCCCCCCCCCCCC(=O)OC(COC(=O)CCCCCCCCCCCCCCCCCCCCCCCCCCCCCCCCCCC)COP(=O)([O-])OCC[N+](C)(C)C. The molecular weight excluding hydrogens is 1190 g/mol. The van der Waals surface area contributed by atoms with Crippen LogP contribution in [0.5, 0.6) is 0 Å². The van der Waals surface area contributed by atoms with Crippen LogP contribution in [0.25, 0.3) is 0 Å². The number of hydrogen-bond acceptors (Lipinski definition) is 8. The average molecular weight is 1370 g/mol. The second-order valence-electron chi connectivity index (χ2n) is 31.3. The van der Waals surface area contributed by atoms with Gasteiger partial charge < -0.3 is 27.9 Å². The highest BCUT2D eigenvalue weighted by Gasteiger charge is 2.22. The van der Waals surface area contributed by atoms with Gasteiger partial charge in [-0.2, -0.15) is 0 Å². The molecule has 0 fully saturated rings. The van der Waals surface area contributed by atoms with Crippen LogP contribution in [0, 0.1) is 0 Å². The van der Waals surface area contributed by atoms with E-state index in [1.165, 1.54) is 417 Å². The molecule has 0 saturated heterocycles. The van der Waals surface area contributed by atoms with Crippen LogP contribution in [-0.4, -0.2) is 70.0 Å². The quantitative estimate of drug-likeness (QED) is 0.0256. The van der Waals surface area contributed by atoms with Gasteiger partial charge in [0, 0.05) is 12.8 Å². The lowest BCUT2D eigenvalue weighted by Crippen LogP contribution is -2.37. The maximum absolute atomic E-state index is 12.9. The number of likely N-dealkylation sites (N-methyl/N-ethyl adjacent to an activating group) is 1. The van der Waals surface area contributed by atoms with Gasteiger partial charge in [0.15, 0.2) is 6.10 Å². The highest BCUT2D eigenvalue weighted by Crippen LogP contribution is 2.38. The van der Waals surface area contributed by atoms with Gasteiger partial charge in [0.05, 0.1) is 27.7 Å². The third kappa shape index (κ3) is 81.9. The lowest BCUT2D eigenvalue weighted by atomic mass is 10.0. The van der Waals surface area contributed by atoms with Crippen LogP contribution < -0.4 is 4.89 Å². The normalized spacial score (nSPS) is 12.9. The Morgan fingerprint density at radius 3 is 0.674 bits per heavy atom. The first kappa shape index (κ1) is 94.0. The van der Waals surface area contributed by atoms with Gasteiger partial charge in [0.2, 0.25) is 0 Å². The highest BCUT2D eigenvalue weighted by atomic mass is 31.2. The lowest BCUT2D eigenvalue weighted by molar-refractivity contribution is -0.870. The monoisotopic (exact) mass is 1360 g/mol. The van der Waals surface area contributed by atoms with E-state index in [2.05, 4.69) is 13.8 Å². The predicted octanol–water partition coefficient (Wildman–Crippen LogP) is 28.2. The Morgan fingerprint density at radius 2 is 0.474 bits per heavy atom. The first-order valence-electron chi connectivity index (χ1n) is 43.2. The Labute approximate surface area is 594 Å². The number of ether oxygens (including phenoxy) is 2. The molecule has 0 aromatic rings. The Bertz CT molecular complexity index is 1560. The van der Waals surface area contributed by atoms with Gasteiger partial charge in [-0.15, -0.1) is 0 Å². The lowest BCUT2D eigenvalue weighted by Gasteiger charge is -2.28. The number of carbonyl (C=O) groups excluding carboxylic acids is 2. The van der Waals surface area contributed by atoms with Gasteiger partial charge in [-0.1, -0.05) is 457 Å². The Hall–Kier alpha value is -0.990. The van der Waals surface area contributed by atoms with Crippen LogP contribution in [-0.2, 0) is 32.7 Å². The predicted molar refractivity (Wildman–Crippen MR) is 412 cm³/mol. The molecule has 2 atom stereocenters. The maximum Gasteiger partial charge on any atom is 0.306 e. The van der Waals surface area contributed by atoms with Crippen LogP contribution in [0.2, 0.25) is 0 Å².